The summed E-state index contributed by atoms with van der Waals surface area (Å²) in [4.78, 5) is 34.0. The largest absolute Gasteiger partial charge is 0.484 e. The highest BCUT2D eigenvalue weighted by molar-refractivity contribution is 5.83. The van der Waals surface area contributed by atoms with E-state index in [0.29, 0.717) is 38.3 Å². The molecule has 170 valence electrons. The summed E-state index contributed by atoms with van der Waals surface area (Å²) in [6.45, 7) is 4.03. The van der Waals surface area contributed by atoms with Crippen molar-refractivity contribution in [1.29, 1.82) is 0 Å². The molecule has 1 saturated heterocycles. The Morgan fingerprint density at radius 1 is 1.03 bits per heavy atom. The lowest BCUT2D eigenvalue weighted by atomic mass is 9.95. The van der Waals surface area contributed by atoms with Gasteiger partial charge in [0, 0.05) is 38.6 Å². The lowest BCUT2D eigenvalue weighted by Gasteiger charge is -2.24. The second-order valence-corrected chi connectivity index (χ2v) is 8.20. The maximum Gasteiger partial charge on any atom is 0.260 e. The molecule has 0 aliphatic carbocycles. The number of para-hydroxylation sites is 1. The first-order chi connectivity index (χ1) is 16.1. The third kappa shape index (κ3) is 5.77. The Morgan fingerprint density at radius 2 is 1.85 bits per heavy atom. The maximum atomic E-state index is 13.2. The van der Waals surface area contributed by atoms with Gasteiger partial charge in [0.15, 0.2) is 6.61 Å². The molecule has 0 radical (unpaired) electrons. The first-order valence-corrected chi connectivity index (χ1v) is 11.4. The number of hydrogen-bond acceptors (Lipinski definition) is 4. The van der Waals surface area contributed by atoms with Crippen molar-refractivity contribution in [3.8, 4) is 16.9 Å². The summed E-state index contributed by atoms with van der Waals surface area (Å²) in [7, 11) is 0. The molecule has 1 unspecified atom stereocenters. The predicted octanol–water partition coefficient (Wildman–Crippen LogP) is 3.68. The van der Waals surface area contributed by atoms with Crippen molar-refractivity contribution >= 4 is 11.8 Å². The van der Waals surface area contributed by atoms with E-state index >= 15 is 0 Å². The van der Waals surface area contributed by atoms with E-state index in [9.17, 15) is 9.59 Å². The summed E-state index contributed by atoms with van der Waals surface area (Å²) in [6.07, 6.45) is 4.17. The Morgan fingerprint density at radius 3 is 2.61 bits per heavy atom. The summed E-state index contributed by atoms with van der Waals surface area (Å²) in [6, 6.07) is 21.4. The standard InChI is InChI=1S/C27H29N3O3/c1-2-29-14-15-30(26(31)20-33-25-11-4-3-5-12-25)19-24(27(29)32)17-21-8-6-9-22(16-21)23-10-7-13-28-18-23/h3-13,16,18,24H,2,14-15,17,19-20H2,1H3. The average molecular weight is 444 g/mol. The van der Waals surface area contributed by atoms with Crippen LogP contribution in [0.1, 0.15) is 12.5 Å². The van der Waals surface area contributed by atoms with E-state index in [-0.39, 0.29) is 24.3 Å². The van der Waals surface area contributed by atoms with Crippen molar-refractivity contribution in [3.63, 3.8) is 0 Å². The van der Waals surface area contributed by atoms with Gasteiger partial charge in [-0.15, -0.1) is 0 Å². The molecule has 1 aliphatic rings. The molecule has 1 aliphatic heterocycles. The number of carbonyl (C=O) groups is 2. The zero-order chi connectivity index (χ0) is 23.0. The van der Waals surface area contributed by atoms with Crippen LogP contribution in [0.2, 0.25) is 0 Å². The van der Waals surface area contributed by atoms with Crippen LogP contribution in [0.15, 0.2) is 79.1 Å². The molecule has 1 atom stereocenters. The molecule has 6 heteroatoms. The number of hydrogen-bond donors (Lipinski definition) is 0. The minimum atomic E-state index is -0.294. The Labute approximate surface area is 194 Å². The zero-order valence-electron chi connectivity index (χ0n) is 18.9. The van der Waals surface area contributed by atoms with E-state index in [0.717, 1.165) is 16.7 Å². The van der Waals surface area contributed by atoms with Crippen LogP contribution < -0.4 is 4.74 Å². The number of pyridine rings is 1. The topological polar surface area (TPSA) is 62.7 Å². The Hall–Kier alpha value is -3.67. The lowest BCUT2D eigenvalue weighted by Crippen LogP contribution is -2.39. The number of likely N-dealkylation sites (N-methyl/N-ethyl adjacent to an activating group) is 1. The number of rotatable bonds is 7. The monoisotopic (exact) mass is 443 g/mol. The molecule has 1 fully saturated rings. The molecule has 0 spiro atoms. The molecule has 2 amide bonds. The SMILES string of the molecule is CCN1CCN(C(=O)COc2ccccc2)CC(Cc2cccc(-c3cccnc3)c2)C1=O. The number of benzene rings is 2. The van der Waals surface area contributed by atoms with Crippen LogP contribution in [0.5, 0.6) is 5.75 Å². The van der Waals surface area contributed by atoms with Gasteiger partial charge in [-0.1, -0.05) is 48.5 Å². The molecule has 0 N–H and O–H groups in total. The van der Waals surface area contributed by atoms with E-state index < -0.39 is 0 Å². The number of amides is 2. The second kappa shape index (κ2) is 10.8. The first-order valence-electron chi connectivity index (χ1n) is 11.4. The maximum absolute atomic E-state index is 13.2. The van der Waals surface area contributed by atoms with Crippen molar-refractivity contribution in [2.24, 2.45) is 5.92 Å². The molecule has 4 rings (SSSR count). The van der Waals surface area contributed by atoms with Gasteiger partial charge in [0.1, 0.15) is 5.75 Å². The van der Waals surface area contributed by atoms with Crippen LogP contribution in [0.4, 0.5) is 0 Å². The normalized spacial score (nSPS) is 16.4. The number of ether oxygens (including phenoxy) is 1. The van der Waals surface area contributed by atoms with Gasteiger partial charge in [-0.25, -0.2) is 0 Å². The highest BCUT2D eigenvalue weighted by Gasteiger charge is 2.31. The van der Waals surface area contributed by atoms with E-state index in [1.807, 2.05) is 78.7 Å². The predicted molar refractivity (Wildman–Crippen MR) is 128 cm³/mol. The average Bonchev–Trinajstić information content (AvgIpc) is 3.02. The van der Waals surface area contributed by atoms with Gasteiger partial charge < -0.3 is 14.5 Å². The fraction of sp³-hybridized carbons (Fsp3) is 0.296. The van der Waals surface area contributed by atoms with Crippen LogP contribution in [0.3, 0.4) is 0 Å². The Balaban J connectivity index is 1.48. The minimum absolute atomic E-state index is 0.0342. The van der Waals surface area contributed by atoms with Crippen molar-refractivity contribution in [2.75, 3.05) is 32.8 Å². The highest BCUT2D eigenvalue weighted by atomic mass is 16.5. The van der Waals surface area contributed by atoms with Gasteiger partial charge in [0.05, 0.1) is 5.92 Å². The summed E-state index contributed by atoms with van der Waals surface area (Å²) in [5.74, 6) is 0.371. The van der Waals surface area contributed by atoms with Crippen LogP contribution >= 0.6 is 0 Å². The minimum Gasteiger partial charge on any atom is -0.484 e. The van der Waals surface area contributed by atoms with Gasteiger partial charge >= 0.3 is 0 Å². The Kier molecular flexibility index (Phi) is 7.35. The van der Waals surface area contributed by atoms with Crippen molar-refractivity contribution in [3.05, 3.63) is 84.7 Å². The van der Waals surface area contributed by atoms with Crippen LogP contribution in [0, 0.1) is 5.92 Å². The second-order valence-electron chi connectivity index (χ2n) is 8.20. The van der Waals surface area contributed by atoms with Gasteiger partial charge in [-0.05, 0) is 48.2 Å². The number of carbonyl (C=O) groups excluding carboxylic acids is 2. The van der Waals surface area contributed by atoms with Crippen LogP contribution in [-0.4, -0.2) is 59.4 Å². The summed E-state index contributed by atoms with van der Waals surface area (Å²) >= 11 is 0. The summed E-state index contributed by atoms with van der Waals surface area (Å²) in [5, 5.41) is 0. The van der Waals surface area contributed by atoms with E-state index in [4.69, 9.17) is 4.74 Å². The smallest absolute Gasteiger partial charge is 0.260 e. The molecule has 33 heavy (non-hydrogen) atoms. The Bertz CT molecular complexity index is 1070. The highest BCUT2D eigenvalue weighted by Crippen LogP contribution is 2.23. The van der Waals surface area contributed by atoms with Gasteiger partial charge in [0.25, 0.3) is 5.91 Å². The molecule has 0 saturated carbocycles. The fourth-order valence-corrected chi connectivity index (χ4v) is 4.19. The number of nitrogens with zero attached hydrogens (tertiary/aromatic N) is 3. The van der Waals surface area contributed by atoms with E-state index in [2.05, 4.69) is 11.1 Å². The molecule has 0 bridgehead atoms. The molecule has 3 aromatic rings. The quantitative estimate of drug-likeness (QED) is 0.559. The lowest BCUT2D eigenvalue weighted by molar-refractivity contribution is -0.135. The molecule has 1 aromatic heterocycles. The summed E-state index contributed by atoms with van der Waals surface area (Å²) in [5.41, 5.74) is 3.18. The third-order valence-corrected chi connectivity index (χ3v) is 5.99. The summed E-state index contributed by atoms with van der Waals surface area (Å²) < 4.78 is 5.66. The van der Waals surface area contributed by atoms with Crippen molar-refractivity contribution in [2.45, 2.75) is 13.3 Å². The molecular formula is C27H29N3O3. The molecule has 6 nitrogen and oxygen atoms in total. The molecular weight excluding hydrogens is 414 g/mol. The van der Waals surface area contributed by atoms with Gasteiger partial charge in [-0.2, -0.15) is 0 Å². The van der Waals surface area contributed by atoms with E-state index in [1.165, 1.54) is 0 Å². The van der Waals surface area contributed by atoms with E-state index in [1.54, 1.807) is 11.1 Å². The first kappa shape index (κ1) is 22.5. The molecule has 2 heterocycles. The van der Waals surface area contributed by atoms with Gasteiger partial charge in [-0.3, -0.25) is 14.6 Å². The van der Waals surface area contributed by atoms with Crippen molar-refractivity contribution < 1.29 is 14.3 Å². The third-order valence-electron chi connectivity index (χ3n) is 5.99. The number of aromatic nitrogens is 1. The zero-order valence-corrected chi connectivity index (χ0v) is 18.9. The van der Waals surface area contributed by atoms with Crippen molar-refractivity contribution in [1.82, 2.24) is 14.8 Å². The van der Waals surface area contributed by atoms with Gasteiger partial charge in [0.2, 0.25) is 5.91 Å². The van der Waals surface area contributed by atoms with Crippen LogP contribution in [-0.2, 0) is 16.0 Å². The fourth-order valence-electron chi connectivity index (χ4n) is 4.19. The van der Waals surface area contributed by atoms with Crippen LogP contribution in [0.25, 0.3) is 11.1 Å². The molecule has 2 aromatic carbocycles.